The Balaban J connectivity index is 1.09. The number of amides is 1. The Morgan fingerprint density at radius 2 is 1.71 bits per heavy atom. The molecular weight excluding hydrogens is 549 g/mol. The summed E-state index contributed by atoms with van der Waals surface area (Å²) in [7, 11) is 0. The van der Waals surface area contributed by atoms with Crippen LogP contribution in [0.15, 0.2) is 65.1 Å². The number of rotatable bonds is 9. The summed E-state index contributed by atoms with van der Waals surface area (Å²) in [5, 5.41) is 13.6. The minimum atomic E-state index is -4.54. The number of para-hydroxylation sites is 1. The minimum Gasteiger partial charge on any atom is -0.491 e. The summed E-state index contributed by atoms with van der Waals surface area (Å²) in [6.07, 6.45) is -5.30. The van der Waals surface area contributed by atoms with Crippen molar-refractivity contribution in [1.29, 1.82) is 0 Å². The summed E-state index contributed by atoms with van der Waals surface area (Å²) >= 11 is 0. The largest absolute Gasteiger partial charge is 0.491 e. The fourth-order valence-electron chi connectivity index (χ4n) is 5.10. The number of aromatic nitrogens is 1. The number of hydrogen-bond donors (Lipinski definition) is 2. The van der Waals surface area contributed by atoms with E-state index in [1.54, 1.807) is 18.2 Å². The number of aliphatic hydroxyl groups is 1. The van der Waals surface area contributed by atoms with Crippen LogP contribution in [0, 0.1) is 13.8 Å². The lowest BCUT2D eigenvalue weighted by Crippen LogP contribution is -2.50. The van der Waals surface area contributed by atoms with Gasteiger partial charge in [0.05, 0.1) is 12.1 Å². The van der Waals surface area contributed by atoms with Crippen LogP contribution >= 0.6 is 0 Å². The maximum absolute atomic E-state index is 13.4. The summed E-state index contributed by atoms with van der Waals surface area (Å²) < 4.78 is 51.6. The molecule has 1 fully saturated rings. The first-order valence-corrected chi connectivity index (χ1v) is 13.8. The topological polar surface area (TPSA) is 91.1 Å². The summed E-state index contributed by atoms with van der Waals surface area (Å²) in [5.41, 5.74) is 2.64. The van der Waals surface area contributed by atoms with Crippen molar-refractivity contribution in [2.24, 2.45) is 0 Å². The van der Waals surface area contributed by atoms with Crippen LogP contribution < -0.4 is 10.1 Å². The number of aliphatic hydroxyl groups excluding tert-OH is 1. The number of β-amino-alcohol motifs (C(OH)–C–C–N with tert-alkyl or cyclic N) is 1. The van der Waals surface area contributed by atoms with Gasteiger partial charge in [-0.3, -0.25) is 14.6 Å². The van der Waals surface area contributed by atoms with E-state index in [-0.39, 0.29) is 24.0 Å². The lowest BCUT2D eigenvalue weighted by atomic mass is 10.1. The van der Waals surface area contributed by atoms with Gasteiger partial charge in [0.2, 0.25) is 11.8 Å². The summed E-state index contributed by atoms with van der Waals surface area (Å²) in [4.78, 5) is 21.1. The van der Waals surface area contributed by atoms with Gasteiger partial charge < -0.3 is 19.6 Å². The lowest BCUT2D eigenvalue weighted by molar-refractivity contribution is -0.137. The number of ether oxygens (including phenoxy) is 1. The quantitative estimate of drug-likeness (QED) is 0.283. The highest BCUT2D eigenvalue weighted by Crippen LogP contribution is 2.37. The maximum Gasteiger partial charge on any atom is 0.417 e. The molecule has 1 atom stereocenters. The van der Waals surface area contributed by atoms with Gasteiger partial charge in [-0.15, -0.1) is 0 Å². The smallest absolute Gasteiger partial charge is 0.417 e. The van der Waals surface area contributed by atoms with Crippen LogP contribution in [-0.2, 0) is 11.0 Å². The zero-order valence-corrected chi connectivity index (χ0v) is 23.4. The molecule has 4 aromatic rings. The number of piperazine rings is 1. The van der Waals surface area contributed by atoms with Gasteiger partial charge in [0, 0.05) is 50.0 Å². The lowest BCUT2D eigenvalue weighted by Gasteiger charge is -2.35. The minimum absolute atomic E-state index is 0.0333. The van der Waals surface area contributed by atoms with Gasteiger partial charge in [-0.1, -0.05) is 30.3 Å². The van der Waals surface area contributed by atoms with Gasteiger partial charge in [-0.2, -0.15) is 13.2 Å². The fraction of sp³-hybridized carbons (Fsp3) is 0.355. The molecule has 1 saturated heterocycles. The molecule has 42 heavy (non-hydrogen) atoms. The van der Waals surface area contributed by atoms with E-state index in [2.05, 4.69) is 20.1 Å². The Hall–Kier alpha value is -3.93. The van der Waals surface area contributed by atoms with E-state index in [0.29, 0.717) is 56.1 Å². The molecule has 1 aliphatic rings. The Morgan fingerprint density at radius 3 is 2.43 bits per heavy atom. The molecule has 0 radical (unpaired) electrons. The highest BCUT2D eigenvalue weighted by molar-refractivity contribution is 5.93. The van der Waals surface area contributed by atoms with Gasteiger partial charge in [-0.25, -0.2) is 4.98 Å². The number of aryl methyl sites for hydroxylation is 2. The molecule has 222 valence electrons. The van der Waals surface area contributed by atoms with Crippen molar-refractivity contribution in [3.63, 3.8) is 0 Å². The summed E-state index contributed by atoms with van der Waals surface area (Å²) in [6.45, 7) is 7.52. The van der Waals surface area contributed by atoms with Crippen LogP contribution in [0.3, 0.4) is 0 Å². The number of nitrogens with one attached hydrogen (secondary N) is 1. The zero-order valence-electron chi connectivity index (χ0n) is 23.4. The second-order valence-corrected chi connectivity index (χ2v) is 10.5. The normalized spacial score (nSPS) is 15.6. The highest BCUT2D eigenvalue weighted by atomic mass is 19.4. The van der Waals surface area contributed by atoms with Gasteiger partial charge in [0.1, 0.15) is 24.0 Å². The number of halogens is 3. The number of carbonyl (C=O) groups is 1. The van der Waals surface area contributed by atoms with Crippen molar-refractivity contribution < 1.29 is 32.2 Å². The number of benzene rings is 3. The Labute approximate surface area is 241 Å². The third kappa shape index (κ3) is 7.10. The van der Waals surface area contributed by atoms with E-state index in [0.717, 1.165) is 22.9 Å². The van der Waals surface area contributed by atoms with Crippen molar-refractivity contribution in [3.8, 4) is 17.2 Å². The van der Waals surface area contributed by atoms with Crippen LogP contribution in [0.4, 0.5) is 18.9 Å². The molecule has 1 aliphatic heterocycles. The van der Waals surface area contributed by atoms with E-state index in [9.17, 15) is 23.1 Å². The molecule has 1 amide bonds. The summed E-state index contributed by atoms with van der Waals surface area (Å²) in [6, 6.07) is 15.8. The Kier molecular flexibility index (Phi) is 8.81. The van der Waals surface area contributed by atoms with Crippen LogP contribution in [0.1, 0.15) is 16.7 Å². The second kappa shape index (κ2) is 12.5. The number of anilines is 1. The molecule has 0 spiro atoms. The highest BCUT2D eigenvalue weighted by Gasteiger charge is 2.34. The van der Waals surface area contributed by atoms with Crippen molar-refractivity contribution in [2.45, 2.75) is 26.1 Å². The Morgan fingerprint density at radius 1 is 1.02 bits per heavy atom. The number of alkyl halides is 3. The maximum atomic E-state index is 13.4. The van der Waals surface area contributed by atoms with E-state index in [1.165, 1.54) is 18.2 Å². The van der Waals surface area contributed by atoms with Crippen molar-refractivity contribution in [1.82, 2.24) is 14.8 Å². The van der Waals surface area contributed by atoms with Crippen molar-refractivity contribution >= 4 is 22.7 Å². The number of hydrogen-bond acceptors (Lipinski definition) is 7. The number of carbonyl (C=O) groups excluding carboxylic acids is 1. The number of fused-ring (bicyclic) bond motifs is 1. The number of nitrogens with zero attached hydrogens (tertiary/aromatic N) is 3. The molecule has 2 heterocycles. The number of oxazole rings is 1. The monoisotopic (exact) mass is 582 g/mol. The molecule has 1 unspecified atom stereocenters. The zero-order chi connectivity index (χ0) is 29.9. The molecule has 3 aromatic carbocycles. The first kappa shape index (κ1) is 29.6. The third-order valence-corrected chi connectivity index (χ3v) is 7.31. The van der Waals surface area contributed by atoms with E-state index < -0.39 is 17.8 Å². The molecule has 5 rings (SSSR count). The molecule has 0 bridgehead atoms. The average Bonchev–Trinajstić information content (AvgIpc) is 3.38. The van der Waals surface area contributed by atoms with Gasteiger partial charge in [-0.05, 0) is 49.2 Å². The predicted octanol–water partition coefficient (Wildman–Crippen LogP) is 5.13. The molecule has 1 aromatic heterocycles. The Bertz CT molecular complexity index is 1530. The third-order valence-electron chi connectivity index (χ3n) is 7.31. The molecule has 0 aliphatic carbocycles. The second-order valence-electron chi connectivity index (χ2n) is 10.5. The van der Waals surface area contributed by atoms with Gasteiger partial charge in [0.25, 0.3) is 0 Å². The average molecular weight is 583 g/mol. The molecule has 11 heteroatoms. The van der Waals surface area contributed by atoms with E-state index in [4.69, 9.17) is 9.15 Å². The van der Waals surface area contributed by atoms with Crippen LogP contribution in [0.25, 0.3) is 22.6 Å². The van der Waals surface area contributed by atoms with Crippen molar-refractivity contribution in [3.05, 3.63) is 77.4 Å². The molecule has 2 N–H and O–H groups in total. The molecule has 0 saturated carbocycles. The van der Waals surface area contributed by atoms with E-state index >= 15 is 0 Å². The van der Waals surface area contributed by atoms with Gasteiger partial charge >= 0.3 is 6.18 Å². The van der Waals surface area contributed by atoms with Crippen LogP contribution in [-0.4, -0.2) is 77.8 Å². The first-order valence-electron chi connectivity index (χ1n) is 13.8. The first-order chi connectivity index (χ1) is 20.1. The molecular formula is C31H33F3N4O4. The van der Waals surface area contributed by atoms with Crippen LogP contribution in [0.5, 0.6) is 5.75 Å². The standard InChI is InChI=1S/C31H33F3N4O4/c1-20-6-5-7-21(2)29(20)36-28(40)18-38-14-12-37(13-15-38)17-22(39)19-41-23-10-11-27-26(16-23)35-30(42-27)24-8-3-4-9-25(24)31(32,33)34/h3-11,16,22,39H,12-15,17-19H2,1-2H3,(H,36,40). The van der Waals surface area contributed by atoms with Gasteiger partial charge in [0.15, 0.2) is 5.58 Å². The molecule has 8 nitrogen and oxygen atoms in total. The predicted molar refractivity (Wildman–Crippen MR) is 153 cm³/mol. The van der Waals surface area contributed by atoms with E-state index in [1.807, 2.05) is 32.0 Å². The van der Waals surface area contributed by atoms with Crippen LogP contribution in [0.2, 0.25) is 0 Å². The fourth-order valence-corrected chi connectivity index (χ4v) is 5.10. The summed E-state index contributed by atoms with van der Waals surface area (Å²) in [5.74, 6) is 0.248. The SMILES string of the molecule is Cc1cccc(C)c1NC(=O)CN1CCN(CC(O)COc2ccc3oc(-c4ccccc4C(F)(F)F)nc3c2)CC1. The van der Waals surface area contributed by atoms with Crippen molar-refractivity contribution in [2.75, 3.05) is 51.2 Å².